The van der Waals surface area contributed by atoms with E-state index in [0.29, 0.717) is 64.2 Å². The molecule has 1 saturated carbocycles. The van der Waals surface area contributed by atoms with Crippen molar-refractivity contribution in [3.63, 3.8) is 0 Å². The van der Waals surface area contributed by atoms with E-state index in [1.54, 1.807) is 41.9 Å². The molecule has 4 rings (SSSR count). The molecule has 0 aromatic rings. The highest BCUT2D eigenvalue weighted by atomic mass is 16.6. The number of allylic oxidation sites excluding steroid dienone is 6. The standard InChI is InChI=1S/C50H77NO13/c1-29-15-11-10-12-16-30(2)41(61-8)27-37-20-18-35(7)50(60,64-37)47(57)48(58)51-22-14-13-17-38(51)49(59)63-42(32(4)25-36-19-21-39(52)43(26-36)62-9)28-40(53)31(3)24-34(6)45(55)46(56)44(54)33(5)23-29/h10-12,15-16,24,29,31-33,35-39,41-43,45-46,52,55-56,60H,13-14,17-23,25-28H2,1-9H3/b12-10+,15-11-,30-16+,34-24+. The van der Waals surface area contributed by atoms with Gasteiger partial charge < -0.3 is 44.3 Å². The van der Waals surface area contributed by atoms with Gasteiger partial charge in [0.15, 0.2) is 5.78 Å². The first-order valence-electron chi connectivity index (χ1n) is 23.5. The summed E-state index contributed by atoms with van der Waals surface area (Å²) >= 11 is 0. The van der Waals surface area contributed by atoms with Crippen molar-refractivity contribution >= 4 is 29.2 Å². The van der Waals surface area contributed by atoms with Crippen LogP contribution in [0.5, 0.6) is 0 Å². The van der Waals surface area contributed by atoms with Gasteiger partial charge in [-0.05, 0) is 107 Å². The van der Waals surface area contributed by atoms with Crippen molar-refractivity contribution in [1.82, 2.24) is 4.90 Å². The molecule has 3 heterocycles. The maximum absolute atomic E-state index is 14.3. The smallest absolute Gasteiger partial charge is 0.329 e. The second-order valence-electron chi connectivity index (χ2n) is 19.4. The van der Waals surface area contributed by atoms with Crippen LogP contribution in [0, 0.1) is 35.5 Å². The Morgan fingerprint density at radius 1 is 0.844 bits per heavy atom. The molecular formula is C50H77NO13. The third-order valence-corrected chi connectivity index (χ3v) is 14.2. The summed E-state index contributed by atoms with van der Waals surface area (Å²) in [7, 11) is 3.12. The molecule has 0 radical (unpaired) electrons. The minimum atomic E-state index is -2.44. The maximum Gasteiger partial charge on any atom is 0.329 e. The Hall–Kier alpha value is -3.37. The third-order valence-electron chi connectivity index (χ3n) is 14.2. The SMILES string of the molecule is COC1CC2CCC(C)C(O)(O2)C(=O)C(=O)N2CCCCC2C(=O)OC(C(C)CC2CCC(O)C(OC)C2)CC(=O)C(C)/C=C(\C)C(O)C(O)C(=O)C(C)CC(C)\C=C/C=C/C=C/1C. The lowest BCUT2D eigenvalue weighted by atomic mass is 9.78. The minimum Gasteiger partial charge on any atom is -0.460 e. The predicted molar refractivity (Wildman–Crippen MR) is 240 cm³/mol. The Bertz CT molecular complexity index is 1740. The lowest BCUT2D eigenvalue weighted by Gasteiger charge is -2.42. The average molecular weight is 900 g/mol. The number of carbonyl (C=O) groups excluding carboxylic acids is 5. The van der Waals surface area contributed by atoms with E-state index in [1.807, 2.05) is 51.2 Å². The highest BCUT2D eigenvalue weighted by Gasteiger charge is 2.53. The van der Waals surface area contributed by atoms with Crippen LogP contribution in [0.2, 0.25) is 0 Å². The molecule has 0 aromatic heterocycles. The van der Waals surface area contributed by atoms with Crippen LogP contribution in [0.15, 0.2) is 47.6 Å². The summed E-state index contributed by atoms with van der Waals surface area (Å²) < 4.78 is 23.7. The monoisotopic (exact) mass is 900 g/mol. The number of hydrogen-bond donors (Lipinski definition) is 4. The van der Waals surface area contributed by atoms with E-state index >= 15 is 0 Å². The number of piperidine rings is 1. The van der Waals surface area contributed by atoms with Crippen molar-refractivity contribution in [1.29, 1.82) is 0 Å². The van der Waals surface area contributed by atoms with Gasteiger partial charge in [0, 0.05) is 51.4 Å². The number of aliphatic hydroxyl groups is 4. The van der Waals surface area contributed by atoms with Gasteiger partial charge in [-0.3, -0.25) is 19.2 Å². The molecule has 2 bridgehead atoms. The van der Waals surface area contributed by atoms with Crippen molar-refractivity contribution in [2.75, 3.05) is 20.8 Å². The third kappa shape index (κ3) is 13.8. The zero-order valence-corrected chi connectivity index (χ0v) is 39.6. The van der Waals surface area contributed by atoms with E-state index in [4.69, 9.17) is 18.9 Å². The Balaban J connectivity index is 1.69. The Morgan fingerprint density at radius 2 is 1.56 bits per heavy atom. The van der Waals surface area contributed by atoms with Gasteiger partial charge >= 0.3 is 5.97 Å². The van der Waals surface area contributed by atoms with Crippen LogP contribution in [0.25, 0.3) is 0 Å². The first kappa shape index (κ1) is 53.2. The molecule has 3 fully saturated rings. The number of fused-ring (bicyclic) bond motifs is 3. The number of hydrogen-bond acceptors (Lipinski definition) is 13. The molecular weight excluding hydrogens is 823 g/mol. The summed E-state index contributed by atoms with van der Waals surface area (Å²) in [4.78, 5) is 71.2. The number of esters is 1. The summed E-state index contributed by atoms with van der Waals surface area (Å²) in [6, 6.07) is -1.15. The minimum absolute atomic E-state index is 0.0365. The number of amides is 1. The van der Waals surface area contributed by atoms with Crippen molar-refractivity contribution in [3.05, 3.63) is 47.6 Å². The van der Waals surface area contributed by atoms with Crippen LogP contribution in [0.4, 0.5) is 0 Å². The predicted octanol–water partition coefficient (Wildman–Crippen LogP) is 5.53. The van der Waals surface area contributed by atoms with Crippen molar-refractivity contribution in [2.45, 2.75) is 180 Å². The molecule has 0 aromatic carbocycles. The van der Waals surface area contributed by atoms with Crippen molar-refractivity contribution in [2.24, 2.45) is 35.5 Å². The fourth-order valence-corrected chi connectivity index (χ4v) is 9.89. The zero-order valence-electron chi connectivity index (χ0n) is 39.6. The number of Topliss-reactive ketones (excluding diaryl/α,β-unsaturated/α-hetero) is 3. The molecule has 4 N–H and O–H groups in total. The fraction of sp³-hybridized carbons (Fsp3) is 0.740. The van der Waals surface area contributed by atoms with Crippen LogP contribution >= 0.6 is 0 Å². The van der Waals surface area contributed by atoms with E-state index in [-0.39, 0.29) is 54.6 Å². The van der Waals surface area contributed by atoms with Gasteiger partial charge in [0.05, 0.1) is 24.4 Å². The highest BCUT2D eigenvalue weighted by Crippen LogP contribution is 2.38. The number of nitrogens with zero attached hydrogens (tertiary/aromatic N) is 1. The van der Waals surface area contributed by atoms with Crippen LogP contribution in [-0.4, -0.2) is 130 Å². The average Bonchev–Trinajstić information content (AvgIpc) is 3.27. The van der Waals surface area contributed by atoms with Gasteiger partial charge in [0.25, 0.3) is 11.7 Å². The van der Waals surface area contributed by atoms with Crippen LogP contribution in [0.1, 0.15) is 126 Å². The lowest BCUT2D eigenvalue weighted by molar-refractivity contribution is -0.265. The van der Waals surface area contributed by atoms with Gasteiger partial charge in [-0.2, -0.15) is 0 Å². The number of ether oxygens (including phenoxy) is 4. The Morgan fingerprint density at radius 3 is 2.25 bits per heavy atom. The maximum atomic E-state index is 14.3. The molecule has 64 heavy (non-hydrogen) atoms. The Kier molecular flexibility index (Phi) is 20.3. The van der Waals surface area contributed by atoms with Gasteiger partial charge in [-0.15, -0.1) is 0 Å². The van der Waals surface area contributed by atoms with Gasteiger partial charge in [0.2, 0.25) is 5.79 Å². The van der Waals surface area contributed by atoms with Gasteiger partial charge in [0.1, 0.15) is 30.1 Å². The first-order chi connectivity index (χ1) is 30.2. The van der Waals surface area contributed by atoms with E-state index in [2.05, 4.69) is 0 Å². The molecule has 1 aliphatic carbocycles. The molecule has 4 aliphatic rings. The molecule has 360 valence electrons. The summed E-state index contributed by atoms with van der Waals surface area (Å²) in [6.07, 6.45) is 9.84. The molecule has 15 atom stereocenters. The topological polar surface area (TPSA) is 206 Å². The Labute approximate surface area is 380 Å². The molecule has 2 saturated heterocycles. The number of carbonyl (C=O) groups is 5. The molecule has 1 amide bonds. The van der Waals surface area contributed by atoms with Crippen molar-refractivity contribution < 1.29 is 63.3 Å². The number of rotatable bonds is 5. The summed E-state index contributed by atoms with van der Waals surface area (Å²) in [5, 5.41) is 44.5. The van der Waals surface area contributed by atoms with Gasteiger partial charge in [-0.1, -0.05) is 71.1 Å². The van der Waals surface area contributed by atoms with Crippen LogP contribution in [0.3, 0.4) is 0 Å². The molecule has 3 aliphatic heterocycles. The van der Waals surface area contributed by atoms with E-state index < -0.39 is 89.6 Å². The number of ketones is 3. The van der Waals surface area contributed by atoms with E-state index in [9.17, 15) is 44.4 Å². The largest absolute Gasteiger partial charge is 0.460 e. The lowest BCUT2D eigenvalue weighted by Crippen LogP contribution is -2.61. The van der Waals surface area contributed by atoms with Crippen molar-refractivity contribution in [3.8, 4) is 0 Å². The quantitative estimate of drug-likeness (QED) is 0.153. The molecule has 15 unspecified atom stereocenters. The van der Waals surface area contributed by atoms with Crippen LogP contribution in [-0.2, 0) is 42.9 Å². The second-order valence-corrected chi connectivity index (χ2v) is 19.4. The first-order valence-corrected chi connectivity index (χ1v) is 23.5. The zero-order chi connectivity index (χ0) is 47.5. The summed E-state index contributed by atoms with van der Waals surface area (Å²) in [5.41, 5.74) is 1.11. The summed E-state index contributed by atoms with van der Waals surface area (Å²) in [5.74, 6) is -8.59. The van der Waals surface area contributed by atoms with Gasteiger partial charge in [-0.25, -0.2) is 4.79 Å². The fourth-order valence-electron chi connectivity index (χ4n) is 9.89. The van der Waals surface area contributed by atoms with Crippen LogP contribution < -0.4 is 0 Å². The second kappa shape index (κ2) is 24.4. The molecule has 14 heteroatoms. The summed E-state index contributed by atoms with van der Waals surface area (Å²) in [6.45, 7) is 12.4. The molecule has 0 spiro atoms. The normalized spacial score (nSPS) is 40.9. The highest BCUT2D eigenvalue weighted by molar-refractivity contribution is 6.39. The number of methoxy groups -OCH3 is 2. The number of cyclic esters (lactones) is 1. The number of aliphatic hydroxyl groups excluding tert-OH is 3. The van der Waals surface area contributed by atoms with E-state index in [1.165, 1.54) is 11.0 Å². The van der Waals surface area contributed by atoms with E-state index in [0.717, 1.165) is 5.57 Å². The molecule has 14 nitrogen and oxygen atoms in total.